The summed E-state index contributed by atoms with van der Waals surface area (Å²) in [4.78, 5) is 0. The Hall–Kier alpha value is -1.47. The van der Waals surface area contributed by atoms with Crippen LogP contribution in [0.25, 0.3) is 6.08 Å². The first kappa shape index (κ1) is 17.6. The number of allylic oxidation sites excluding steroid dienone is 1. The maximum absolute atomic E-state index is 12.8. The molecule has 0 heterocycles. The molecule has 0 bridgehead atoms. The molecule has 0 aliphatic heterocycles. The fourth-order valence-electron chi connectivity index (χ4n) is 2.14. The summed E-state index contributed by atoms with van der Waals surface area (Å²) in [5.41, 5.74) is 2.43. The van der Waals surface area contributed by atoms with Gasteiger partial charge in [-0.05, 0) is 36.6 Å². The summed E-state index contributed by atoms with van der Waals surface area (Å²) in [5, 5.41) is 0. The molecule has 21 heavy (non-hydrogen) atoms. The standard InChI is InChI=1S/C18H23F3/c1-2-3-4-5-6-7-8-9-10-13-16-14-11-12-15-17(16)18(19,20)21/h9,11-15H,2-8H2,1H3. The van der Waals surface area contributed by atoms with Gasteiger partial charge in [0, 0.05) is 0 Å². The molecule has 0 amide bonds. The van der Waals surface area contributed by atoms with Crippen molar-refractivity contribution in [3.63, 3.8) is 0 Å². The topological polar surface area (TPSA) is 0 Å². The van der Waals surface area contributed by atoms with E-state index in [9.17, 15) is 13.2 Å². The molecule has 3 heteroatoms. The van der Waals surface area contributed by atoms with Gasteiger partial charge in [0.15, 0.2) is 0 Å². The van der Waals surface area contributed by atoms with Gasteiger partial charge in [-0.1, -0.05) is 57.2 Å². The van der Waals surface area contributed by atoms with E-state index in [2.05, 4.69) is 12.7 Å². The quantitative estimate of drug-likeness (QED) is 0.373. The van der Waals surface area contributed by atoms with Crippen molar-refractivity contribution >= 4 is 6.08 Å². The molecule has 0 aromatic heterocycles. The number of benzene rings is 1. The summed E-state index contributed by atoms with van der Waals surface area (Å²) in [6, 6.07) is 5.58. The molecular weight excluding hydrogens is 273 g/mol. The van der Waals surface area contributed by atoms with Gasteiger partial charge in [-0.2, -0.15) is 13.2 Å². The first-order valence-corrected chi connectivity index (χ1v) is 7.63. The summed E-state index contributed by atoms with van der Waals surface area (Å²) in [6.45, 7) is 2.19. The van der Waals surface area contributed by atoms with Crippen molar-refractivity contribution in [2.75, 3.05) is 0 Å². The number of alkyl halides is 3. The normalized spacial score (nSPS) is 11.0. The second kappa shape index (κ2) is 9.46. The smallest absolute Gasteiger partial charge is 0.166 e. The molecule has 116 valence electrons. The van der Waals surface area contributed by atoms with Gasteiger partial charge in [0.05, 0.1) is 5.56 Å². The predicted octanol–water partition coefficient (Wildman–Crippen LogP) is 6.62. The molecule has 0 unspecified atom stereocenters. The molecule has 0 nitrogen and oxygen atoms in total. The molecular formula is C18H23F3. The van der Waals surface area contributed by atoms with E-state index in [0.717, 1.165) is 18.9 Å². The lowest BCUT2D eigenvalue weighted by atomic mass is 10.1. The molecule has 0 atom stereocenters. The Kier molecular flexibility index (Phi) is 7.92. The second-order valence-corrected chi connectivity index (χ2v) is 5.16. The van der Waals surface area contributed by atoms with Crippen LogP contribution in [0.15, 0.2) is 36.1 Å². The maximum Gasteiger partial charge on any atom is 0.417 e. The lowest BCUT2D eigenvalue weighted by molar-refractivity contribution is -0.137. The highest BCUT2D eigenvalue weighted by atomic mass is 19.4. The third-order valence-electron chi connectivity index (χ3n) is 3.32. The van der Waals surface area contributed by atoms with E-state index in [1.54, 1.807) is 6.07 Å². The second-order valence-electron chi connectivity index (χ2n) is 5.16. The Morgan fingerprint density at radius 3 is 2.38 bits per heavy atom. The summed E-state index contributed by atoms with van der Waals surface area (Å²) in [7, 11) is 0. The molecule has 1 aromatic carbocycles. The molecule has 0 N–H and O–H groups in total. The van der Waals surface area contributed by atoms with Crippen molar-refractivity contribution in [2.45, 2.75) is 58.0 Å². The summed E-state index contributed by atoms with van der Waals surface area (Å²) in [5.74, 6) is 0. The van der Waals surface area contributed by atoms with Crippen molar-refractivity contribution in [3.8, 4) is 0 Å². The van der Waals surface area contributed by atoms with Crippen LogP contribution in [-0.4, -0.2) is 0 Å². The molecule has 0 saturated heterocycles. The third-order valence-corrected chi connectivity index (χ3v) is 3.32. The van der Waals surface area contributed by atoms with Crippen LogP contribution in [0.4, 0.5) is 13.2 Å². The number of halogens is 3. The van der Waals surface area contributed by atoms with Gasteiger partial charge >= 0.3 is 6.18 Å². The van der Waals surface area contributed by atoms with Crippen molar-refractivity contribution in [1.82, 2.24) is 0 Å². The molecule has 0 spiro atoms. The predicted molar refractivity (Wildman–Crippen MR) is 82.0 cm³/mol. The minimum atomic E-state index is -4.31. The number of rotatable bonds is 8. The molecule has 1 rings (SSSR count). The minimum absolute atomic E-state index is 0.171. The van der Waals surface area contributed by atoms with Crippen LogP contribution in [0, 0.1) is 0 Å². The third kappa shape index (κ3) is 7.19. The SMILES string of the molecule is CCCCCCCCC=C=Cc1ccccc1C(F)(F)F. The highest BCUT2D eigenvalue weighted by Gasteiger charge is 2.32. The van der Waals surface area contributed by atoms with Gasteiger partial charge < -0.3 is 0 Å². The summed E-state index contributed by atoms with van der Waals surface area (Å²) < 4.78 is 38.3. The molecule has 0 aliphatic carbocycles. The zero-order chi connectivity index (χ0) is 15.6. The molecule has 0 radical (unpaired) electrons. The lowest BCUT2D eigenvalue weighted by Gasteiger charge is -2.08. The van der Waals surface area contributed by atoms with E-state index in [-0.39, 0.29) is 5.56 Å². The van der Waals surface area contributed by atoms with Crippen LogP contribution in [0.5, 0.6) is 0 Å². The van der Waals surface area contributed by atoms with Gasteiger partial charge in [-0.15, -0.1) is 5.73 Å². The van der Waals surface area contributed by atoms with Crippen LogP contribution in [0.1, 0.15) is 63.0 Å². The first-order valence-electron chi connectivity index (χ1n) is 7.63. The monoisotopic (exact) mass is 296 g/mol. The number of unbranched alkanes of at least 4 members (excludes halogenated alkanes) is 6. The Morgan fingerprint density at radius 1 is 1.00 bits per heavy atom. The van der Waals surface area contributed by atoms with Gasteiger partial charge in [-0.25, -0.2) is 0 Å². The summed E-state index contributed by atoms with van der Waals surface area (Å²) in [6.07, 6.45) is 7.09. The average molecular weight is 296 g/mol. The zero-order valence-corrected chi connectivity index (χ0v) is 12.5. The van der Waals surface area contributed by atoms with E-state index in [1.807, 2.05) is 6.08 Å². The fraction of sp³-hybridized carbons (Fsp3) is 0.500. The van der Waals surface area contributed by atoms with Gasteiger partial charge in [-0.3, -0.25) is 0 Å². The van der Waals surface area contributed by atoms with E-state index in [1.165, 1.54) is 50.3 Å². The van der Waals surface area contributed by atoms with Crippen molar-refractivity contribution in [1.29, 1.82) is 0 Å². The highest BCUT2D eigenvalue weighted by Crippen LogP contribution is 2.32. The van der Waals surface area contributed by atoms with Gasteiger partial charge in [0.2, 0.25) is 0 Å². The first-order chi connectivity index (χ1) is 10.1. The maximum atomic E-state index is 12.8. The van der Waals surface area contributed by atoms with Crippen LogP contribution in [0.2, 0.25) is 0 Å². The number of hydrogen-bond acceptors (Lipinski definition) is 0. The Balaban J connectivity index is 2.44. The van der Waals surface area contributed by atoms with Crippen LogP contribution in [-0.2, 0) is 6.18 Å². The van der Waals surface area contributed by atoms with Crippen LogP contribution < -0.4 is 0 Å². The molecule has 0 saturated carbocycles. The van der Waals surface area contributed by atoms with Crippen LogP contribution in [0.3, 0.4) is 0 Å². The average Bonchev–Trinajstić information content (AvgIpc) is 2.45. The lowest BCUT2D eigenvalue weighted by Crippen LogP contribution is -2.06. The van der Waals surface area contributed by atoms with Crippen LogP contribution >= 0.6 is 0 Å². The minimum Gasteiger partial charge on any atom is -0.166 e. The summed E-state index contributed by atoms with van der Waals surface area (Å²) >= 11 is 0. The van der Waals surface area contributed by atoms with Crippen molar-refractivity contribution in [3.05, 3.63) is 47.2 Å². The Labute approximate surface area is 125 Å². The van der Waals surface area contributed by atoms with Gasteiger partial charge in [0.25, 0.3) is 0 Å². The van der Waals surface area contributed by atoms with E-state index in [4.69, 9.17) is 0 Å². The largest absolute Gasteiger partial charge is 0.417 e. The highest BCUT2D eigenvalue weighted by molar-refractivity contribution is 5.54. The van der Waals surface area contributed by atoms with E-state index < -0.39 is 11.7 Å². The molecule has 0 fully saturated rings. The zero-order valence-electron chi connectivity index (χ0n) is 12.5. The van der Waals surface area contributed by atoms with E-state index >= 15 is 0 Å². The van der Waals surface area contributed by atoms with Gasteiger partial charge in [0.1, 0.15) is 0 Å². The van der Waals surface area contributed by atoms with Crippen molar-refractivity contribution in [2.24, 2.45) is 0 Å². The van der Waals surface area contributed by atoms with Crippen molar-refractivity contribution < 1.29 is 13.2 Å². The Morgan fingerprint density at radius 2 is 1.67 bits per heavy atom. The van der Waals surface area contributed by atoms with E-state index in [0.29, 0.717) is 0 Å². The number of hydrogen-bond donors (Lipinski definition) is 0. The fourth-order valence-corrected chi connectivity index (χ4v) is 2.14. The molecule has 1 aromatic rings. The Bertz CT molecular complexity index is 466. The molecule has 0 aliphatic rings.